The predicted molar refractivity (Wildman–Crippen MR) is 117 cm³/mol. The van der Waals surface area contributed by atoms with Crippen LogP contribution in [0.1, 0.15) is 18.1 Å². The van der Waals surface area contributed by atoms with Gasteiger partial charge in [0, 0.05) is 41.2 Å². The zero-order valence-electron chi connectivity index (χ0n) is 16.5. The number of rotatable bonds is 7. The van der Waals surface area contributed by atoms with Crippen molar-refractivity contribution in [2.45, 2.75) is 19.8 Å². The van der Waals surface area contributed by atoms with Crippen molar-refractivity contribution < 1.29 is 13.9 Å². The number of aromatic nitrogens is 1. The van der Waals surface area contributed by atoms with Crippen molar-refractivity contribution in [2.24, 2.45) is 0 Å². The fraction of sp³-hybridized carbons (Fsp3) is 0.217. The van der Waals surface area contributed by atoms with Crippen molar-refractivity contribution in [3.05, 3.63) is 75.2 Å². The van der Waals surface area contributed by atoms with Gasteiger partial charge in [0.1, 0.15) is 11.3 Å². The lowest BCUT2D eigenvalue weighted by Crippen LogP contribution is -2.30. The maximum atomic E-state index is 12.2. The van der Waals surface area contributed by atoms with E-state index in [1.807, 2.05) is 31.3 Å². The van der Waals surface area contributed by atoms with Gasteiger partial charge in [-0.05, 0) is 36.1 Å². The van der Waals surface area contributed by atoms with Gasteiger partial charge in [-0.2, -0.15) is 0 Å². The van der Waals surface area contributed by atoms with Crippen molar-refractivity contribution in [3.63, 3.8) is 0 Å². The Morgan fingerprint density at radius 1 is 1.17 bits per heavy atom. The summed E-state index contributed by atoms with van der Waals surface area (Å²) in [5.41, 5.74) is 3.03. The minimum Gasteiger partial charge on any atom is -0.482 e. The van der Waals surface area contributed by atoms with Crippen molar-refractivity contribution in [3.8, 4) is 5.75 Å². The van der Waals surface area contributed by atoms with Crippen LogP contribution in [0.25, 0.3) is 21.9 Å². The third kappa shape index (κ3) is 4.19. The highest BCUT2D eigenvalue weighted by atomic mass is 35.5. The Kier molecular flexibility index (Phi) is 5.77. The number of halogens is 1. The van der Waals surface area contributed by atoms with Gasteiger partial charge in [-0.15, -0.1) is 0 Å². The van der Waals surface area contributed by atoms with Gasteiger partial charge in [-0.25, -0.2) is 4.79 Å². The number of aromatic amines is 1. The molecule has 30 heavy (non-hydrogen) atoms. The topological polar surface area (TPSA) is 84.3 Å². The molecule has 6 nitrogen and oxygen atoms in total. The molecule has 0 spiro atoms. The summed E-state index contributed by atoms with van der Waals surface area (Å²) in [6.07, 6.45) is 3.34. The Hall–Kier alpha value is -3.25. The number of hydrogen-bond donors (Lipinski definition) is 2. The second-order valence-electron chi connectivity index (χ2n) is 6.97. The summed E-state index contributed by atoms with van der Waals surface area (Å²) in [4.78, 5) is 27.1. The maximum Gasteiger partial charge on any atom is 0.336 e. The number of H-pyrrole nitrogens is 1. The summed E-state index contributed by atoms with van der Waals surface area (Å²) in [5.74, 6) is 0.0436. The molecule has 2 aromatic carbocycles. The molecular weight excluding hydrogens is 404 g/mol. The van der Waals surface area contributed by atoms with Crippen LogP contribution in [0.5, 0.6) is 5.75 Å². The number of fused-ring (bicyclic) bond motifs is 2. The molecule has 7 heteroatoms. The van der Waals surface area contributed by atoms with Crippen molar-refractivity contribution >= 4 is 39.4 Å². The van der Waals surface area contributed by atoms with Crippen molar-refractivity contribution in [1.82, 2.24) is 10.3 Å². The van der Waals surface area contributed by atoms with E-state index in [4.69, 9.17) is 20.8 Å². The third-order valence-electron chi connectivity index (χ3n) is 5.01. The first-order valence-corrected chi connectivity index (χ1v) is 10.1. The quantitative estimate of drug-likeness (QED) is 0.435. The number of amides is 1. The van der Waals surface area contributed by atoms with Crippen molar-refractivity contribution in [2.75, 3.05) is 13.2 Å². The van der Waals surface area contributed by atoms with Crippen LogP contribution in [0, 0.1) is 0 Å². The molecule has 2 heterocycles. The van der Waals surface area contributed by atoms with Gasteiger partial charge >= 0.3 is 5.63 Å². The summed E-state index contributed by atoms with van der Waals surface area (Å²) in [7, 11) is 0. The Bertz CT molecular complexity index is 1280. The number of aryl methyl sites for hydroxylation is 1. The van der Waals surface area contributed by atoms with E-state index in [1.165, 1.54) is 6.07 Å². The second-order valence-corrected chi connectivity index (χ2v) is 7.38. The van der Waals surface area contributed by atoms with E-state index in [0.717, 1.165) is 27.4 Å². The van der Waals surface area contributed by atoms with E-state index in [1.54, 1.807) is 12.1 Å². The number of carbonyl (C=O) groups excluding carboxylic acids is 1. The van der Waals surface area contributed by atoms with Gasteiger partial charge in [-0.1, -0.05) is 36.7 Å². The molecule has 0 fully saturated rings. The van der Waals surface area contributed by atoms with Gasteiger partial charge in [0.05, 0.1) is 5.02 Å². The largest absolute Gasteiger partial charge is 0.482 e. The zero-order valence-corrected chi connectivity index (χ0v) is 17.2. The number of carbonyl (C=O) groups is 1. The van der Waals surface area contributed by atoms with Crippen LogP contribution in [-0.4, -0.2) is 24.0 Å². The molecule has 0 unspecified atom stereocenters. The molecular formula is C23H21ClN2O4. The first-order chi connectivity index (χ1) is 14.5. The second kappa shape index (κ2) is 8.63. The average molecular weight is 425 g/mol. The van der Waals surface area contributed by atoms with E-state index in [-0.39, 0.29) is 12.5 Å². The Morgan fingerprint density at radius 2 is 2.00 bits per heavy atom. The molecule has 0 saturated heterocycles. The summed E-state index contributed by atoms with van der Waals surface area (Å²) in [6.45, 7) is 2.26. The minimum absolute atomic E-state index is 0.184. The van der Waals surface area contributed by atoms with Gasteiger partial charge in [-0.3, -0.25) is 4.79 Å². The maximum absolute atomic E-state index is 12.2. The number of benzene rings is 2. The van der Waals surface area contributed by atoms with Crippen LogP contribution in [0.4, 0.5) is 0 Å². The highest BCUT2D eigenvalue weighted by molar-refractivity contribution is 6.32. The molecule has 154 valence electrons. The number of nitrogens with one attached hydrogen (secondary N) is 2. The molecule has 0 atom stereocenters. The third-order valence-corrected chi connectivity index (χ3v) is 5.31. The molecule has 4 rings (SSSR count). The van der Waals surface area contributed by atoms with E-state index in [2.05, 4.69) is 16.4 Å². The highest BCUT2D eigenvalue weighted by Gasteiger charge is 2.12. The molecule has 1 amide bonds. The van der Waals surface area contributed by atoms with Gasteiger partial charge in [0.25, 0.3) is 5.91 Å². The van der Waals surface area contributed by atoms with E-state index < -0.39 is 5.63 Å². The Morgan fingerprint density at radius 3 is 2.83 bits per heavy atom. The van der Waals surface area contributed by atoms with Gasteiger partial charge in [0.15, 0.2) is 6.61 Å². The molecule has 0 radical (unpaired) electrons. The average Bonchev–Trinajstić information content (AvgIpc) is 3.15. The van der Waals surface area contributed by atoms with E-state index in [0.29, 0.717) is 35.7 Å². The van der Waals surface area contributed by atoms with Crippen LogP contribution >= 0.6 is 11.6 Å². The standard InChI is InChI=1S/C23H21ClN2O4/c1-2-14-9-23(28)30-20-11-21(18(24)10-17(14)20)29-13-22(27)25-8-7-15-12-26-19-6-4-3-5-16(15)19/h3-6,9-12,26H,2,7-8,13H2,1H3,(H,25,27). The zero-order chi connectivity index (χ0) is 21.1. The smallest absolute Gasteiger partial charge is 0.336 e. The van der Waals surface area contributed by atoms with E-state index >= 15 is 0 Å². The molecule has 0 bridgehead atoms. The Labute approximate surface area is 177 Å². The highest BCUT2D eigenvalue weighted by Crippen LogP contribution is 2.31. The van der Waals surface area contributed by atoms with Crippen molar-refractivity contribution in [1.29, 1.82) is 0 Å². The minimum atomic E-state index is -0.428. The molecule has 0 aliphatic heterocycles. The summed E-state index contributed by atoms with van der Waals surface area (Å²) >= 11 is 6.30. The summed E-state index contributed by atoms with van der Waals surface area (Å²) in [5, 5.41) is 5.12. The Balaban J connectivity index is 1.37. The fourth-order valence-corrected chi connectivity index (χ4v) is 3.72. The van der Waals surface area contributed by atoms with Crippen LogP contribution in [-0.2, 0) is 17.6 Å². The van der Waals surface area contributed by atoms with Crippen LogP contribution in [0.3, 0.4) is 0 Å². The lowest BCUT2D eigenvalue weighted by atomic mass is 10.1. The lowest BCUT2D eigenvalue weighted by Gasteiger charge is -2.10. The van der Waals surface area contributed by atoms with E-state index in [9.17, 15) is 9.59 Å². The van der Waals surface area contributed by atoms with Crippen LogP contribution in [0.15, 0.2) is 57.9 Å². The molecule has 0 aliphatic carbocycles. The summed E-state index contributed by atoms with van der Waals surface area (Å²) < 4.78 is 10.8. The predicted octanol–water partition coefficient (Wildman–Crippen LogP) is 4.23. The summed E-state index contributed by atoms with van der Waals surface area (Å²) in [6, 6.07) is 12.7. The SMILES string of the molecule is CCc1cc(=O)oc2cc(OCC(=O)NCCc3c[nH]c4ccccc34)c(Cl)cc12. The molecule has 0 saturated carbocycles. The molecule has 2 aromatic heterocycles. The van der Waals surface area contributed by atoms with Crippen LogP contribution < -0.4 is 15.7 Å². The number of para-hydroxylation sites is 1. The first-order valence-electron chi connectivity index (χ1n) is 9.76. The van der Waals surface area contributed by atoms with Crippen LogP contribution in [0.2, 0.25) is 5.02 Å². The number of hydrogen-bond acceptors (Lipinski definition) is 4. The first kappa shape index (κ1) is 20.0. The monoisotopic (exact) mass is 424 g/mol. The van der Waals surface area contributed by atoms with Gasteiger partial charge in [0.2, 0.25) is 0 Å². The molecule has 2 N–H and O–H groups in total. The normalized spacial score (nSPS) is 11.1. The number of ether oxygens (including phenoxy) is 1. The lowest BCUT2D eigenvalue weighted by molar-refractivity contribution is -0.123. The fourth-order valence-electron chi connectivity index (χ4n) is 3.50. The molecule has 4 aromatic rings. The molecule has 0 aliphatic rings. The van der Waals surface area contributed by atoms with Gasteiger partial charge < -0.3 is 19.5 Å².